The minimum Gasteiger partial charge on any atom is -0.335 e. The second-order valence-electron chi connectivity index (χ2n) is 5.96. The predicted molar refractivity (Wildman–Crippen MR) is 80.3 cm³/mol. The van der Waals surface area contributed by atoms with Crippen molar-refractivity contribution in [3.05, 3.63) is 18.2 Å². The van der Waals surface area contributed by atoms with Crippen molar-refractivity contribution < 1.29 is 0 Å². The Morgan fingerprint density at radius 1 is 1.37 bits per heavy atom. The van der Waals surface area contributed by atoms with Crippen molar-refractivity contribution in [2.45, 2.75) is 58.4 Å². The number of aromatic nitrogens is 2. The predicted octanol–water partition coefficient (Wildman–Crippen LogP) is 3.42. The number of imidazole rings is 1. The molecule has 0 spiro atoms. The maximum Gasteiger partial charge on any atom is 0.112 e. The number of nitrogens with zero attached hydrogens (tertiary/aromatic N) is 2. The number of nitrogens with one attached hydrogen (secondary N) is 1. The fourth-order valence-corrected chi connectivity index (χ4v) is 3.73. The number of aryl methyl sites for hydroxylation is 1. The van der Waals surface area contributed by atoms with Crippen LogP contribution in [0.2, 0.25) is 0 Å². The smallest absolute Gasteiger partial charge is 0.112 e. The van der Waals surface area contributed by atoms with E-state index in [0.717, 1.165) is 24.9 Å². The molecule has 1 aliphatic carbocycles. The van der Waals surface area contributed by atoms with Gasteiger partial charge in [-0.2, -0.15) is 0 Å². The van der Waals surface area contributed by atoms with E-state index in [1.807, 2.05) is 6.20 Å². The summed E-state index contributed by atoms with van der Waals surface area (Å²) in [6.07, 6.45) is 10.9. The Labute approximate surface area is 117 Å². The summed E-state index contributed by atoms with van der Waals surface area (Å²) in [4.78, 5) is 4.67. The van der Waals surface area contributed by atoms with Crippen molar-refractivity contribution in [1.29, 1.82) is 0 Å². The molecule has 0 bridgehead atoms. The van der Waals surface area contributed by atoms with E-state index in [0.29, 0.717) is 5.92 Å². The van der Waals surface area contributed by atoms with E-state index in [2.05, 4.69) is 42.0 Å². The monoisotopic (exact) mass is 263 g/mol. The lowest BCUT2D eigenvalue weighted by Gasteiger charge is -2.36. The Bertz CT molecular complexity index is 372. The quantitative estimate of drug-likeness (QED) is 0.852. The first-order chi connectivity index (χ1) is 9.30. The first kappa shape index (κ1) is 14.6. The van der Waals surface area contributed by atoms with Crippen molar-refractivity contribution in [3.63, 3.8) is 0 Å². The van der Waals surface area contributed by atoms with Gasteiger partial charge in [0.15, 0.2) is 0 Å². The van der Waals surface area contributed by atoms with Gasteiger partial charge in [0.25, 0.3) is 0 Å². The molecule has 1 aromatic heterocycles. The molecular weight excluding hydrogens is 234 g/mol. The summed E-state index contributed by atoms with van der Waals surface area (Å²) >= 11 is 0. The Balaban J connectivity index is 2.15. The molecule has 0 aliphatic heterocycles. The molecule has 19 heavy (non-hydrogen) atoms. The summed E-state index contributed by atoms with van der Waals surface area (Å²) in [5, 5.41) is 3.38. The molecule has 3 heteroatoms. The van der Waals surface area contributed by atoms with Crippen LogP contribution in [0.5, 0.6) is 0 Å². The first-order valence-electron chi connectivity index (χ1n) is 7.95. The molecule has 0 saturated heterocycles. The molecule has 108 valence electrons. The highest BCUT2D eigenvalue weighted by Gasteiger charge is 2.33. The molecule has 0 amide bonds. The second kappa shape index (κ2) is 7.09. The lowest BCUT2D eigenvalue weighted by atomic mass is 9.72. The lowest BCUT2D eigenvalue weighted by molar-refractivity contribution is 0.213. The van der Waals surface area contributed by atoms with Gasteiger partial charge in [-0.25, -0.2) is 4.98 Å². The van der Waals surface area contributed by atoms with E-state index in [1.54, 1.807) is 0 Å². The van der Waals surface area contributed by atoms with Gasteiger partial charge in [0.2, 0.25) is 0 Å². The van der Waals surface area contributed by atoms with E-state index in [-0.39, 0.29) is 0 Å². The van der Waals surface area contributed by atoms with Crippen molar-refractivity contribution in [3.8, 4) is 0 Å². The second-order valence-corrected chi connectivity index (χ2v) is 5.96. The number of hydrogen-bond acceptors (Lipinski definition) is 2. The molecule has 0 radical (unpaired) electrons. The van der Waals surface area contributed by atoms with Crippen molar-refractivity contribution in [2.75, 3.05) is 13.6 Å². The van der Waals surface area contributed by atoms with Crippen molar-refractivity contribution in [2.24, 2.45) is 11.8 Å². The molecule has 1 fully saturated rings. The van der Waals surface area contributed by atoms with Crippen LogP contribution in [0.15, 0.2) is 12.4 Å². The zero-order chi connectivity index (χ0) is 13.7. The summed E-state index contributed by atoms with van der Waals surface area (Å²) in [7, 11) is 2.07. The molecule has 1 N–H and O–H groups in total. The van der Waals surface area contributed by atoms with Crippen LogP contribution in [0.3, 0.4) is 0 Å². The Morgan fingerprint density at radius 2 is 2.21 bits per heavy atom. The largest absolute Gasteiger partial charge is 0.335 e. The minimum atomic E-state index is 0.646. The molecule has 1 aromatic rings. The topological polar surface area (TPSA) is 29.9 Å². The molecule has 3 nitrogen and oxygen atoms in total. The van der Waals surface area contributed by atoms with Crippen LogP contribution < -0.4 is 5.32 Å². The summed E-state index contributed by atoms with van der Waals surface area (Å²) in [5.74, 6) is 3.63. The SMILES string of the molecule is CCCC1CCC(CNC)C(c2nccn2CC)C1. The van der Waals surface area contributed by atoms with Crippen molar-refractivity contribution in [1.82, 2.24) is 14.9 Å². The van der Waals surface area contributed by atoms with Crippen LogP contribution in [-0.4, -0.2) is 23.1 Å². The Morgan fingerprint density at radius 3 is 2.89 bits per heavy atom. The third-order valence-electron chi connectivity index (χ3n) is 4.69. The Kier molecular flexibility index (Phi) is 5.44. The van der Waals surface area contributed by atoms with Crippen LogP contribution in [0.1, 0.15) is 57.7 Å². The number of hydrogen-bond donors (Lipinski definition) is 1. The van der Waals surface area contributed by atoms with Crippen molar-refractivity contribution >= 4 is 0 Å². The third-order valence-corrected chi connectivity index (χ3v) is 4.69. The normalized spacial score (nSPS) is 27.6. The van der Waals surface area contributed by atoms with Gasteiger partial charge in [-0.15, -0.1) is 0 Å². The van der Waals surface area contributed by atoms with Gasteiger partial charge in [0, 0.05) is 24.9 Å². The molecule has 2 rings (SSSR count). The fraction of sp³-hybridized carbons (Fsp3) is 0.812. The standard InChI is InChI=1S/C16H29N3/c1-4-6-13-7-8-14(12-17-3)15(11-13)16-18-9-10-19(16)5-2/h9-10,13-15,17H,4-8,11-12H2,1-3H3. The first-order valence-corrected chi connectivity index (χ1v) is 7.95. The highest BCUT2D eigenvalue weighted by Crippen LogP contribution is 2.41. The molecule has 1 heterocycles. The molecule has 1 aliphatic rings. The van der Waals surface area contributed by atoms with E-state index >= 15 is 0 Å². The maximum atomic E-state index is 4.67. The molecule has 3 atom stereocenters. The van der Waals surface area contributed by atoms with E-state index in [9.17, 15) is 0 Å². The maximum absolute atomic E-state index is 4.67. The van der Waals surface area contributed by atoms with Crippen LogP contribution >= 0.6 is 0 Å². The van der Waals surface area contributed by atoms with Crippen LogP contribution in [0.25, 0.3) is 0 Å². The molecular formula is C16H29N3. The average Bonchev–Trinajstić information content (AvgIpc) is 2.89. The van der Waals surface area contributed by atoms with Gasteiger partial charge in [-0.1, -0.05) is 26.2 Å². The third kappa shape index (κ3) is 3.38. The summed E-state index contributed by atoms with van der Waals surface area (Å²) in [6, 6.07) is 0. The lowest BCUT2D eigenvalue weighted by Crippen LogP contribution is -2.32. The zero-order valence-corrected chi connectivity index (χ0v) is 12.7. The zero-order valence-electron chi connectivity index (χ0n) is 12.7. The Hall–Kier alpha value is -0.830. The van der Waals surface area contributed by atoms with E-state index < -0.39 is 0 Å². The van der Waals surface area contributed by atoms with Gasteiger partial charge < -0.3 is 9.88 Å². The van der Waals surface area contributed by atoms with E-state index in [1.165, 1.54) is 37.9 Å². The van der Waals surface area contributed by atoms with Gasteiger partial charge in [0.1, 0.15) is 5.82 Å². The number of rotatable bonds is 6. The van der Waals surface area contributed by atoms with E-state index in [4.69, 9.17) is 0 Å². The average molecular weight is 263 g/mol. The van der Waals surface area contributed by atoms with Gasteiger partial charge >= 0.3 is 0 Å². The molecule has 3 unspecified atom stereocenters. The van der Waals surface area contributed by atoms with Crippen LogP contribution in [-0.2, 0) is 6.54 Å². The van der Waals surface area contributed by atoms with Crippen LogP contribution in [0.4, 0.5) is 0 Å². The highest BCUT2D eigenvalue weighted by atomic mass is 15.1. The molecule has 0 aromatic carbocycles. The summed E-state index contributed by atoms with van der Waals surface area (Å²) < 4.78 is 2.33. The fourth-order valence-electron chi connectivity index (χ4n) is 3.73. The van der Waals surface area contributed by atoms with Gasteiger partial charge in [-0.05, 0) is 45.2 Å². The molecule has 1 saturated carbocycles. The highest BCUT2D eigenvalue weighted by molar-refractivity contribution is 5.05. The summed E-state index contributed by atoms with van der Waals surface area (Å²) in [5.41, 5.74) is 0. The summed E-state index contributed by atoms with van der Waals surface area (Å²) in [6.45, 7) is 6.68. The minimum absolute atomic E-state index is 0.646. The van der Waals surface area contributed by atoms with Gasteiger partial charge in [-0.3, -0.25) is 0 Å². The van der Waals surface area contributed by atoms with Crippen LogP contribution in [0, 0.1) is 11.8 Å². The van der Waals surface area contributed by atoms with Gasteiger partial charge in [0.05, 0.1) is 0 Å².